The Morgan fingerprint density at radius 2 is 2.00 bits per heavy atom. The van der Waals surface area contributed by atoms with Gasteiger partial charge in [-0.1, -0.05) is 31.9 Å². The zero-order valence-corrected chi connectivity index (χ0v) is 17.0. The Hall–Kier alpha value is -2.31. The van der Waals surface area contributed by atoms with E-state index in [2.05, 4.69) is 12.2 Å². The van der Waals surface area contributed by atoms with E-state index in [1.165, 1.54) is 12.1 Å². The molecule has 1 N–H and O–H groups in total. The number of fused-ring (bicyclic) bond motifs is 1. The van der Waals surface area contributed by atoms with Crippen molar-refractivity contribution in [3.05, 3.63) is 35.6 Å². The number of nitrogens with one attached hydrogen (secondary N) is 1. The molecule has 3 rings (SSSR count). The van der Waals surface area contributed by atoms with E-state index in [0.29, 0.717) is 26.2 Å². The fourth-order valence-electron chi connectivity index (χ4n) is 4.46. The molecule has 0 bridgehead atoms. The highest BCUT2D eigenvalue weighted by Crippen LogP contribution is 2.45. The second kappa shape index (κ2) is 8.80. The topological polar surface area (TPSA) is 55.9 Å². The molecule has 3 atom stereocenters. The maximum Gasteiger partial charge on any atom is 0.320 e. The van der Waals surface area contributed by atoms with Gasteiger partial charge in [0.25, 0.3) is 0 Å². The fourth-order valence-corrected chi connectivity index (χ4v) is 4.46. The van der Waals surface area contributed by atoms with E-state index in [4.69, 9.17) is 0 Å². The Morgan fingerprint density at radius 3 is 2.68 bits per heavy atom. The first-order valence-electron chi connectivity index (χ1n) is 10.2. The molecule has 0 aliphatic carbocycles. The first-order chi connectivity index (χ1) is 13.4. The average molecular weight is 391 g/mol. The smallest absolute Gasteiger partial charge is 0.320 e. The molecule has 0 saturated carbocycles. The number of rotatable bonds is 5. The number of urea groups is 2. The quantitative estimate of drug-likeness (QED) is 0.784. The lowest BCUT2D eigenvalue weighted by Crippen LogP contribution is -2.44. The van der Waals surface area contributed by atoms with E-state index in [1.807, 2.05) is 15.9 Å². The molecule has 4 amide bonds. The minimum absolute atomic E-state index is 0.0334. The second-order valence-corrected chi connectivity index (χ2v) is 8.10. The number of halogens is 1. The Balaban J connectivity index is 1.74. The normalized spacial score (nSPS) is 23.6. The molecular formula is C21H31FN4O2. The molecule has 28 heavy (non-hydrogen) atoms. The van der Waals surface area contributed by atoms with Crippen molar-refractivity contribution in [3.63, 3.8) is 0 Å². The standard InChI is InChI=1S/C21H31FN4O2/c1-4-5-6-10-23-20(27)25-12-16-13-26(21(28)24(2)3)19(18(16)14-25)15-8-7-9-17(22)11-15/h7-9,11,16,18-19H,4-6,10,12-14H2,1-3H3,(H,23,27)/t16-,18-,19-/m1/s1. The molecule has 6 nitrogen and oxygen atoms in total. The number of benzene rings is 1. The summed E-state index contributed by atoms with van der Waals surface area (Å²) in [4.78, 5) is 30.5. The van der Waals surface area contributed by atoms with Crippen LogP contribution in [0, 0.1) is 17.7 Å². The summed E-state index contributed by atoms with van der Waals surface area (Å²) in [7, 11) is 3.46. The molecular weight excluding hydrogens is 359 g/mol. The van der Waals surface area contributed by atoms with E-state index in [-0.39, 0.29) is 35.8 Å². The highest BCUT2D eigenvalue weighted by Gasteiger charge is 2.50. The van der Waals surface area contributed by atoms with Crippen molar-refractivity contribution in [2.45, 2.75) is 32.2 Å². The summed E-state index contributed by atoms with van der Waals surface area (Å²) in [5.41, 5.74) is 0.799. The van der Waals surface area contributed by atoms with E-state index in [0.717, 1.165) is 24.8 Å². The lowest BCUT2D eigenvalue weighted by atomic mass is 9.89. The van der Waals surface area contributed by atoms with Crippen LogP contribution < -0.4 is 5.32 Å². The minimum atomic E-state index is -0.304. The van der Waals surface area contributed by atoms with E-state index < -0.39 is 0 Å². The van der Waals surface area contributed by atoms with E-state index in [9.17, 15) is 14.0 Å². The van der Waals surface area contributed by atoms with E-state index in [1.54, 1.807) is 25.1 Å². The molecule has 1 aromatic carbocycles. The predicted octanol–water partition coefficient (Wildman–Crippen LogP) is 3.31. The van der Waals surface area contributed by atoms with E-state index >= 15 is 0 Å². The van der Waals surface area contributed by atoms with Gasteiger partial charge < -0.3 is 20.0 Å². The molecule has 0 radical (unpaired) electrons. The van der Waals surface area contributed by atoms with Crippen LogP contribution >= 0.6 is 0 Å². The van der Waals surface area contributed by atoms with Crippen LogP contribution in [0.5, 0.6) is 0 Å². The van der Waals surface area contributed by atoms with Crippen LogP contribution in [-0.4, -0.2) is 67.0 Å². The van der Waals surface area contributed by atoms with Crippen molar-refractivity contribution in [2.24, 2.45) is 11.8 Å². The van der Waals surface area contributed by atoms with Crippen molar-refractivity contribution in [2.75, 3.05) is 40.3 Å². The second-order valence-electron chi connectivity index (χ2n) is 8.10. The summed E-state index contributed by atoms with van der Waals surface area (Å²) in [5, 5.41) is 3.00. The van der Waals surface area contributed by atoms with Gasteiger partial charge in [0.2, 0.25) is 0 Å². The summed E-state index contributed by atoms with van der Waals surface area (Å²) in [6, 6.07) is 6.17. The number of amides is 4. The number of carbonyl (C=O) groups is 2. The maximum atomic E-state index is 13.9. The van der Waals surface area contributed by atoms with Gasteiger partial charge in [-0.05, 0) is 24.1 Å². The van der Waals surface area contributed by atoms with Gasteiger partial charge in [0, 0.05) is 52.1 Å². The third-order valence-corrected chi connectivity index (χ3v) is 5.83. The van der Waals surface area contributed by atoms with Crippen LogP contribution in [0.3, 0.4) is 0 Å². The Kier molecular flexibility index (Phi) is 6.42. The molecule has 2 aliphatic rings. The molecule has 0 spiro atoms. The molecule has 2 heterocycles. The summed E-state index contributed by atoms with van der Waals surface area (Å²) in [6.45, 7) is 4.63. The van der Waals surface area contributed by atoms with Crippen molar-refractivity contribution in [1.82, 2.24) is 20.0 Å². The molecule has 7 heteroatoms. The van der Waals surface area contributed by atoms with Gasteiger partial charge in [-0.25, -0.2) is 14.0 Å². The van der Waals surface area contributed by atoms with Crippen molar-refractivity contribution in [3.8, 4) is 0 Å². The van der Waals surface area contributed by atoms with Crippen LogP contribution in [0.25, 0.3) is 0 Å². The molecule has 1 aromatic rings. The molecule has 0 aromatic heterocycles. The van der Waals surface area contributed by atoms with Crippen LogP contribution in [-0.2, 0) is 0 Å². The highest BCUT2D eigenvalue weighted by molar-refractivity contribution is 5.76. The summed E-state index contributed by atoms with van der Waals surface area (Å²) in [5.74, 6) is 0.0207. The molecule has 2 saturated heterocycles. The van der Waals surface area contributed by atoms with Crippen LogP contribution in [0.15, 0.2) is 24.3 Å². The zero-order valence-electron chi connectivity index (χ0n) is 17.0. The number of hydrogen-bond acceptors (Lipinski definition) is 2. The number of likely N-dealkylation sites (tertiary alicyclic amines) is 2. The SMILES string of the molecule is CCCCCNC(=O)N1C[C@@H]2CN(C(=O)N(C)C)[C@H](c3cccc(F)c3)[C@@H]2C1. The van der Waals surface area contributed by atoms with Gasteiger partial charge in [0.15, 0.2) is 0 Å². The number of hydrogen-bond donors (Lipinski definition) is 1. The van der Waals surface area contributed by atoms with Crippen molar-refractivity contribution in [1.29, 1.82) is 0 Å². The maximum absolute atomic E-state index is 13.9. The van der Waals surface area contributed by atoms with Crippen molar-refractivity contribution >= 4 is 12.1 Å². The van der Waals surface area contributed by atoms with Crippen LogP contribution in [0.4, 0.5) is 14.0 Å². The minimum Gasteiger partial charge on any atom is -0.338 e. The van der Waals surface area contributed by atoms with Gasteiger partial charge in [0.1, 0.15) is 5.82 Å². The third kappa shape index (κ3) is 4.23. The number of carbonyl (C=O) groups excluding carboxylic acids is 2. The predicted molar refractivity (Wildman–Crippen MR) is 106 cm³/mol. The van der Waals surface area contributed by atoms with Gasteiger partial charge >= 0.3 is 12.1 Å². The van der Waals surface area contributed by atoms with Crippen LogP contribution in [0.1, 0.15) is 37.8 Å². The average Bonchev–Trinajstić information content (AvgIpc) is 3.22. The van der Waals surface area contributed by atoms with Gasteiger partial charge in [-0.3, -0.25) is 0 Å². The Morgan fingerprint density at radius 1 is 1.21 bits per heavy atom. The molecule has 0 unspecified atom stereocenters. The zero-order chi connectivity index (χ0) is 20.3. The molecule has 2 aliphatic heterocycles. The van der Waals surface area contributed by atoms with Gasteiger partial charge in [0.05, 0.1) is 6.04 Å². The lowest BCUT2D eigenvalue weighted by molar-refractivity contribution is 0.152. The summed E-state index contributed by atoms with van der Waals surface area (Å²) in [6.07, 6.45) is 3.21. The van der Waals surface area contributed by atoms with Gasteiger partial charge in [-0.15, -0.1) is 0 Å². The summed E-state index contributed by atoms with van der Waals surface area (Å²) < 4.78 is 13.9. The molecule has 154 valence electrons. The monoisotopic (exact) mass is 390 g/mol. The van der Waals surface area contributed by atoms with Gasteiger partial charge in [-0.2, -0.15) is 0 Å². The first-order valence-corrected chi connectivity index (χ1v) is 10.2. The lowest BCUT2D eigenvalue weighted by Gasteiger charge is -2.32. The number of nitrogens with zero attached hydrogens (tertiary/aromatic N) is 3. The highest BCUT2D eigenvalue weighted by atomic mass is 19.1. The van der Waals surface area contributed by atoms with Crippen molar-refractivity contribution < 1.29 is 14.0 Å². The first kappa shape index (κ1) is 20.4. The largest absolute Gasteiger partial charge is 0.338 e. The summed E-state index contributed by atoms with van der Waals surface area (Å²) >= 11 is 0. The number of unbranched alkanes of at least 4 members (excludes halogenated alkanes) is 2. The Bertz CT molecular complexity index is 711. The Labute approximate surface area is 166 Å². The van der Waals surface area contributed by atoms with Crippen LogP contribution in [0.2, 0.25) is 0 Å². The fraction of sp³-hybridized carbons (Fsp3) is 0.619. The molecule has 2 fully saturated rings. The third-order valence-electron chi connectivity index (χ3n) is 5.83.